The molecule has 0 aliphatic heterocycles. The second-order valence-electron chi connectivity index (χ2n) is 3.78. The van der Waals surface area contributed by atoms with Crippen LogP contribution in [0.3, 0.4) is 0 Å². The lowest BCUT2D eigenvalue weighted by atomic mass is 9.96. The zero-order chi connectivity index (χ0) is 10.6. The van der Waals surface area contributed by atoms with E-state index in [1.807, 2.05) is 6.20 Å². The van der Waals surface area contributed by atoms with E-state index < -0.39 is 0 Å². The summed E-state index contributed by atoms with van der Waals surface area (Å²) in [4.78, 5) is 4.50. The molecule has 1 nitrogen and oxygen atoms in total. The summed E-state index contributed by atoms with van der Waals surface area (Å²) >= 11 is 2.44. The maximum atomic E-state index is 4.50. The van der Waals surface area contributed by atoms with Gasteiger partial charge in [0.2, 0.25) is 0 Å². The van der Waals surface area contributed by atoms with Crippen LogP contribution in [0, 0.1) is 0 Å². The van der Waals surface area contributed by atoms with Gasteiger partial charge in [-0.25, -0.2) is 0 Å². The topological polar surface area (TPSA) is 12.9 Å². The first kappa shape index (κ1) is 12.0. The lowest BCUT2D eigenvalue weighted by molar-refractivity contribution is 0.793. The molecule has 0 bridgehead atoms. The normalized spacial score (nSPS) is 10.9. The monoisotopic (exact) mass is 303 g/mol. The summed E-state index contributed by atoms with van der Waals surface area (Å²) in [6.07, 6.45) is 4.23. The van der Waals surface area contributed by atoms with E-state index in [9.17, 15) is 0 Å². The minimum atomic E-state index is 0.541. The van der Waals surface area contributed by atoms with Gasteiger partial charge in [-0.05, 0) is 36.0 Å². The third-order valence-corrected chi connectivity index (χ3v) is 3.00. The van der Waals surface area contributed by atoms with Crippen LogP contribution in [0.2, 0.25) is 0 Å². The molecule has 78 valence electrons. The molecule has 1 aromatic heterocycles. The van der Waals surface area contributed by atoms with Gasteiger partial charge in [0.1, 0.15) is 0 Å². The van der Waals surface area contributed by atoms with Gasteiger partial charge in [0.25, 0.3) is 0 Å². The fraction of sp³-hybridized carbons (Fsp3) is 0.583. The maximum absolute atomic E-state index is 4.50. The molecule has 0 saturated carbocycles. The molecule has 2 heteroatoms. The Balaban J connectivity index is 3.13. The Morgan fingerprint density at radius 2 is 2.14 bits per heavy atom. The fourth-order valence-corrected chi connectivity index (χ4v) is 2.30. The second-order valence-corrected chi connectivity index (χ2v) is 4.86. The lowest BCUT2D eigenvalue weighted by Gasteiger charge is -2.14. The van der Waals surface area contributed by atoms with Crippen molar-refractivity contribution in [1.82, 2.24) is 4.98 Å². The molecule has 0 saturated heterocycles. The van der Waals surface area contributed by atoms with Crippen LogP contribution in [0.4, 0.5) is 0 Å². The smallest absolute Gasteiger partial charge is 0.0463 e. The van der Waals surface area contributed by atoms with Crippen molar-refractivity contribution >= 4 is 22.6 Å². The first-order valence-corrected chi connectivity index (χ1v) is 6.75. The predicted molar refractivity (Wildman–Crippen MR) is 70.3 cm³/mol. The molecule has 0 unspecified atom stereocenters. The first-order chi connectivity index (χ1) is 6.70. The van der Waals surface area contributed by atoms with Crippen LogP contribution in [-0.4, -0.2) is 9.41 Å². The van der Waals surface area contributed by atoms with Gasteiger partial charge in [0.05, 0.1) is 0 Å². The van der Waals surface area contributed by atoms with E-state index in [4.69, 9.17) is 0 Å². The summed E-state index contributed by atoms with van der Waals surface area (Å²) in [5.41, 5.74) is 4.25. The van der Waals surface area contributed by atoms with Crippen LogP contribution in [0.15, 0.2) is 12.3 Å². The van der Waals surface area contributed by atoms with Gasteiger partial charge in [-0.1, -0.05) is 43.4 Å². The van der Waals surface area contributed by atoms with Gasteiger partial charge in [-0.3, -0.25) is 4.98 Å². The van der Waals surface area contributed by atoms with Crippen LogP contribution in [0.25, 0.3) is 0 Å². The van der Waals surface area contributed by atoms with Gasteiger partial charge in [-0.15, -0.1) is 0 Å². The summed E-state index contributed by atoms with van der Waals surface area (Å²) in [7, 11) is 0. The van der Waals surface area contributed by atoms with Crippen LogP contribution >= 0.6 is 22.6 Å². The fourth-order valence-electron chi connectivity index (χ4n) is 1.76. The summed E-state index contributed by atoms with van der Waals surface area (Å²) in [5.74, 6) is 0.541. The zero-order valence-corrected chi connectivity index (χ0v) is 11.3. The van der Waals surface area contributed by atoms with Crippen LogP contribution in [0.5, 0.6) is 0 Å². The Morgan fingerprint density at radius 1 is 1.43 bits per heavy atom. The standard InChI is InChI=1S/C12H18IN/c1-4-10-6-8-14-12(9(2)3)11(10)5-7-13/h6,8-9H,4-5,7H2,1-3H3. The Kier molecular flexibility index (Phi) is 4.85. The van der Waals surface area contributed by atoms with Gasteiger partial charge in [-0.2, -0.15) is 0 Å². The summed E-state index contributed by atoms with van der Waals surface area (Å²) in [6, 6.07) is 2.16. The van der Waals surface area contributed by atoms with Crippen molar-refractivity contribution in [3.63, 3.8) is 0 Å². The Hall–Kier alpha value is -0.120. The maximum Gasteiger partial charge on any atom is 0.0463 e. The highest BCUT2D eigenvalue weighted by Crippen LogP contribution is 2.21. The molecule has 1 heterocycles. The highest BCUT2D eigenvalue weighted by molar-refractivity contribution is 14.1. The number of hydrogen-bond acceptors (Lipinski definition) is 1. The van der Waals surface area contributed by atoms with E-state index in [0.717, 1.165) is 12.8 Å². The summed E-state index contributed by atoms with van der Waals surface area (Å²) < 4.78 is 1.18. The van der Waals surface area contributed by atoms with E-state index in [1.165, 1.54) is 21.2 Å². The number of aryl methyl sites for hydroxylation is 1. The molecular weight excluding hydrogens is 285 g/mol. The van der Waals surface area contributed by atoms with Gasteiger partial charge in [0.15, 0.2) is 0 Å². The SMILES string of the molecule is CCc1ccnc(C(C)C)c1CCI. The average molecular weight is 303 g/mol. The van der Waals surface area contributed by atoms with Crippen molar-refractivity contribution in [3.8, 4) is 0 Å². The summed E-state index contributed by atoms with van der Waals surface area (Å²) in [5, 5.41) is 0. The minimum Gasteiger partial charge on any atom is -0.261 e. The van der Waals surface area contributed by atoms with Gasteiger partial charge in [0, 0.05) is 16.3 Å². The number of hydrogen-bond donors (Lipinski definition) is 0. The number of nitrogens with zero attached hydrogens (tertiary/aromatic N) is 1. The lowest BCUT2D eigenvalue weighted by Crippen LogP contribution is -2.04. The summed E-state index contributed by atoms with van der Waals surface area (Å²) in [6.45, 7) is 6.66. The predicted octanol–water partition coefficient (Wildman–Crippen LogP) is 3.74. The van der Waals surface area contributed by atoms with Crippen LogP contribution in [-0.2, 0) is 12.8 Å². The van der Waals surface area contributed by atoms with Crippen molar-refractivity contribution in [1.29, 1.82) is 0 Å². The van der Waals surface area contributed by atoms with Crippen molar-refractivity contribution in [2.75, 3.05) is 4.43 Å². The van der Waals surface area contributed by atoms with Crippen LogP contribution < -0.4 is 0 Å². The van der Waals surface area contributed by atoms with Crippen molar-refractivity contribution < 1.29 is 0 Å². The largest absolute Gasteiger partial charge is 0.261 e. The highest BCUT2D eigenvalue weighted by atomic mass is 127. The van der Waals surface area contributed by atoms with Gasteiger partial charge < -0.3 is 0 Å². The van der Waals surface area contributed by atoms with E-state index in [0.29, 0.717) is 5.92 Å². The Bertz CT molecular complexity index is 294. The van der Waals surface area contributed by atoms with E-state index in [-0.39, 0.29) is 0 Å². The van der Waals surface area contributed by atoms with E-state index in [1.54, 1.807) is 0 Å². The molecule has 0 N–H and O–H groups in total. The third kappa shape index (κ3) is 2.69. The molecule has 1 rings (SSSR count). The first-order valence-electron chi connectivity index (χ1n) is 5.23. The molecular formula is C12H18IN. The van der Waals surface area contributed by atoms with Crippen LogP contribution in [0.1, 0.15) is 43.5 Å². The molecule has 0 spiro atoms. The number of rotatable bonds is 4. The Labute approximate surface area is 100 Å². The molecule has 0 radical (unpaired) electrons. The van der Waals surface area contributed by atoms with E-state index in [2.05, 4.69) is 54.4 Å². The molecule has 0 atom stereocenters. The highest BCUT2D eigenvalue weighted by Gasteiger charge is 2.10. The van der Waals surface area contributed by atoms with Gasteiger partial charge >= 0.3 is 0 Å². The number of aromatic nitrogens is 1. The number of halogens is 1. The Morgan fingerprint density at radius 3 is 2.64 bits per heavy atom. The third-order valence-electron chi connectivity index (χ3n) is 2.46. The minimum absolute atomic E-state index is 0.541. The zero-order valence-electron chi connectivity index (χ0n) is 9.18. The molecule has 0 aromatic carbocycles. The second kappa shape index (κ2) is 5.69. The number of alkyl halides is 1. The number of pyridine rings is 1. The van der Waals surface area contributed by atoms with Crippen molar-refractivity contribution in [2.45, 2.75) is 39.5 Å². The molecule has 0 aliphatic carbocycles. The van der Waals surface area contributed by atoms with E-state index >= 15 is 0 Å². The average Bonchev–Trinajstić information content (AvgIpc) is 2.18. The molecule has 14 heavy (non-hydrogen) atoms. The molecule has 1 aromatic rings. The van der Waals surface area contributed by atoms with Crippen molar-refractivity contribution in [3.05, 3.63) is 29.1 Å². The molecule has 0 fully saturated rings. The van der Waals surface area contributed by atoms with Crippen molar-refractivity contribution in [2.24, 2.45) is 0 Å². The quantitative estimate of drug-likeness (QED) is 0.610. The molecule has 0 aliphatic rings. The molecule has 0 amide bonds.